The lowest BCUT2D eigenvalue weighted by Gasteiger charge is -2.11. The molecule has 0 aliphatic heterocycles. The molecule has 0 unspecified atom stereocenters. The molecule has 5 heteroatoms. The molecule has 0 heterocycles. The minimum atomic E-state index is -1.47. The van der Waals surface area contributed by atoms with Crippen molar-refractivity contribution in [1.82, 2.24) is 0 Å². The summed E-state index contributed by atoms with van der Waals surface area (Å²) >= 11 is 5.99. The van der Waals surface area contributed by atoms with E-state index in [9.17, 15) is 10.0 Å². The molecule has 1 aromatic rings. The molecule has 80 valence electrons. The largest absolute Gasteiger partial charge is 0.495 e. The zero-order valence-electron chi connectivity index (χ0n) is 8.40. The highest BCUT2D eigenvalue weighted by Gasteiger charge is 2.30. The molecule has 0 aromatic heterocycles. The van der Waals surface area contributed by atoms with Gasteiger partial charge in [-0.25, -0.2) is 0 Å². The smallest absolute Gasteiger partial charge is 0.488 e. The molecule has 3 nitrogen and oxygen atoms in total. The number of methoxy groups -OCH3 is 1. The number of hydrogen-bond acceptors (Lipinski definition) is 3. The fraction of sp³-hybridized carbons (Fsp3) is 0.400. The van der Waals surface area contributed by atoms with Gasteiger partial charge in [-0.1, -0.05) is 11.6 Å². The maximum absolute atomic E-state index is 9.25. The van der Waals surface area contributed by atoms with Crippen LogP contribution in [-0.4, -0.2) is 24.3 Å². The van der Waals surface area contributed by atoms with E-state index in [1.54, 1.807) is 12.1 Å². The summed E-state index contributed by atoms with van der Waals surface area (Å²) in [6.45, 7) is 0. The second kappa shape index (κ2) is 4.04. The molecule has 0 bridgehead atoms. The van der Waals surface area contributed by atoms with Gasteiger partial charge >= 0.3 is 7.12 Å². The van der Waals surface area contributed by atoms with Crippen LogP contribution in [0, 0.1) is 0 Å². The Kier molecular flexibility index (Phi) is 2.91. The zero-order chi connectivity index (χ0) is 11.0. The molecule has 0 atom stereocenters. The predicted octanol–water partition coefficient (Wildman–Crippen LogP) is 0.906. The molecule has 2 N–H and O–H groups in total. The first-order chi connectivity index (χ1) is 7.13. The van der Waals surface area contributed by atoms with Gasteiger partial charge in [0.05, 0.1) is 12.1 Å². The average molecular weight is 226 g/mol. The Morgan fingerprint density at radius 2 is 2.07 bits per heavy atom. The van der Waals surface area contributed by atoms with Gasteiger partial charge in [0.25, 0.3) is 0 Å². The van der Waals surface area contributed by atoms with Crippen molar-refractivity contribution in [3.05, 3.63) is 22.7 Å². The van der Waals surface area contributed by atoms with Crippen molar-refractivity contribution in [2.45, 2.75) is 18.8 Å². The second-order valence-electron chi connectivity index (χ2n) is 3.76. The summed E-state index contributed by atoms with van der Waals surface area (Å²) in [4.78, 5) is 0. The first-order valence-electron chi connectivity index (χ1n) is 4.87. The second-order valence-corrected chi connectivity index (χ2v) is 4.17. The maximum Gasteiger partial charge on any atom is 0.488 e. The molecule has 0 radical (unpaired) electrons. The highest BCUT2D eigenvalue weighted by atomic mass is 35.5. The summed E-state index contributed by atoms with van der Waals surface area (Å²) in [5.41, 5.74) is 1.43. The van der Waals surface area contributed by atoms with Crippen molar-refractivity contribution in [3.63, 3.8) is 0 Å². The molecule has 1 aliphatic rings. The summed E-state index contributed by atoms with van der Waals surface area (Å²) < 4.78 is 5.04. The van der Waals surface area contributed by atoms with Crippen LogP contribution >= 0.6 is 11.6 Å². The molecule has 2 rings (SSSR count). The van der Waals surface area contributed by atoms with Gasteiger partial charge in [0, 0.05) is 0 Å². The monoisotopic (exact) mass is 226 g/mol. The van der Waals surface area contributed by atoms with E-state index in [1.807, 2.05) is 0 Å². The van der Waals surface area contributed by atoms with Crippen LogP contribution in [0.1, 0.15) is 24.3 Å². The van der Waals surface area contributed by atoms with Crippen molar-refractivity contribution >= 4 is 24.2 Å². The third-order valence-electron chi connectivity index (χ3n) is 2.65. The van der Waals surface area contributed by atoms with Gasteiger partial charge in [-0.15, -0.1) is 0 Å². The topological polar surface area (TPSA) is 49.7 Å². The number of halogens is 1. The average Bonchev–Trinajstić information content (AvgIpc) is 3.00. The fourth-order valence-electron chi connectivity index (χ4n) is 1.71. The number of ether oxygens (including phenoxy) is 1. The van der Waals surface area contributed by atoms with Crippen LogP contribution in [0.4, 0.5) is 0 Å². The summed E-state index contributed by atoms with van der Waals surface area (Å²) in [7, 11) is 0.0395. The Balaban J connectivity index is 2.47. The third-order valence-corrected chi connectivity index (χ3v) is 2.95. The van der Waals surface area contributed by atoms with E-state index < -0.39 is 7.12 Å². The van der Waals surface area contributed by atoms with E-state index >= 15 is 0 Å². The van der Waals surface area contributed by atoms with Gasteiger partial charge in [-0.2, -0.15) is 0 Å². The Morgan fingerprint density at radius 3 is 2.53 bits per heavy atom. The van der Waals surface area contributed by atoms with Crippen molar-refractivity contribution in [1.29, 1.82) is 0 Å². The Bertz CT molecular complexity index is 377. The fourth-order valence-corrected chi connectivity index (χ4v) is 1.96. The van der Waals surface area contributed by atoms with Crippen LogP contribution in [0.5, 0.6) is 5.75 Å². The lowest BCUT2D eigenvalue weighted by molar-refractivity contribution is 0.412. The van der Waals surface area contributed by atoms with E-state index in [2.05, 4.69) is 0 Å². The van der Waals surface area contributed by atoms with Crippen molar-refractivity contribution in [2.24, 2.45) is 0 Å². The van der Waals surface area contributed by atoms with E-state index in [-0.39, 0.29) is 0 Å². The summed E-state index contributed by atoms with van der Waals surface area (Å²) in [6.07, 6.45) is 2.17. The molecule has 0 saturated heterocycles. The maximum atomic E-state index is 9.25. The van der Waals surface area contributed by atoms with E-state index in [0.29, 0.717) is 22.2 Å². The molecule has 15 heavy (non-hydrogen) atoms. The minimum absolute atomic E-state index is 0.421. The molecular formula is C10H12BClO3. The number of hydrogen-bond donors (Lipinski definition) is 2. The summed E-state index contributed by atoms with van der Waals surface area (Å²) in [5.74, 6) is 0.898. The van der Waals surface area contributed by atoms with Gasteiger partial charge in [0.2, 0.25) is 0 Å². The zero-order valence-corrected chi connectivity index (χ0v) is 9.16. The molecule has 1 aromatic carbocycles. The molecule has 1 aliphatic carbocycles. The van der Waals surface area contributed by atoms with Crippen LogP contribution in [0.25, 0.3) is 0 Å². The van der Waals surface area contributed by atoms with E-state index in [0.717, 1.165) is 18.4 Å². The molecule has 1 fully saturated rings. The lowest BCUT2D eigenvalue weighted by Crippen LogP contribution is -2.33. The van der Waals surface area contributed by atoms with Crippen LogP contribution in [0.2, 0.25) is 5.02 Å². The first kappa shape index (κ1) is 10.8. The van der Waals surface area contributed by atoms with Gasteiger partial charge in [-0.05, 0) is 41.9 Å². The van der Waals surface area contributed by atoms with Gasteiger partial charge in [0.1, 0.15) is 5.75 Å². The number of rotatable bonds is 3. The minimum Gasteiger partial charge on any atom is -0.495 e. The Hall–Kier alpha value is -0.705. The summed E-state index contributed by atoms with van der Waals surface area (Å²) in [6, 6.07) is 3.37. The summed E-state index contributed by atoms with van der Waals surface area (Å²) in [5, 5.41) is 19.0. The van der Waals surface area contributed by atoms with Gasteiger partial charge in [0.15, 0.2) is 0 Å². The van der Waals surface area contributed by atoms with E-state index in [1.165, 1.54) is 7.11 Å². The molecule has 0 spiro atoms. The lowest BCUT2D eigenvalue weighted by atomic mass is 9.75. The first-order valence-corrected chi connectivity index (χ1v) is 5.24. The van der Waals surface area contributed by atoms with Crippen LogP contribution < -0.4 is 10.2 Å². The standard InChI is InChI=1S/C10H12BClO3/c1-15-10-5-8(11(13)14)7(4-9(10)12)6-2-3-6/h4-6,13-14H,2-3H2,1H3. The Morgan fingerprint density at radius 1 is 1.40 bits per heavy atom. The molecule has 0 amide bonds. The van der Waals surface area contributed by atoms with Gasteiger partial charge in [-0.3, -0.25) is 0 Å². The third kappa shape index (κ3) is 2.12. The normalized spacial score (nSPS) is 15.2. The van der Waals surface area contributed by atoms with Crippen molar-refractivity contribution < 1.29 is 14.8 Å². The van der Waals surface area contributed by atoms with Crippen molar-refractivity contribution in [2.75, 3.05) is 7.11 Å². The Labute approximate surface area is 93.8 Å². The van der Waals surface area contributed by atoms with Crippen LogP contribution in [0.3, 0.4) is 0 Å². The molecular weight excluding hydrogens is 214 g/mol. The predicted molar refractivity (Wildman–Crippen MR) is 59.8 cm³/mol. The molecule has 1 saturated carbocycles. The highest BCUT2D eigenvalue weighted by molar-refractivity contribution is 6.59. The quantitative estimate of drug-likeness (QED) is 0.753. The van der Waals surface area contributed by atoms with Crippen LogP contribution in [0.15, 0.2) is 12.1 Å². The van der Waals surface area contributed by atoms with Crippen molar-refractivity contribution in [3.8, 4) is 5.75 Å². The van der Waals surface area contributed by atoms with E-state index in [4.69, 9.17) is 16.3 Å². The van der Waals surface area contributed by atoms with Gasteiger partial charge < -0.3 is 14.8 Å². The highest BCUT2D eigenvalue weighted by Crippen LogP contribution is 2.41. The number of benzene rings is 1. The SMILES string of the molecule is COc1cc(B(O)O)c(C2CC2)cc1Cl. The van der Waals surface area contributed by atoms with Crippen LogP contribution in [-0.2, 0) is 0 Å².